The van der Waals surface area contributed by atoms with Crippen molar-refractivity contribution in [1.29, 1.82) is 0 Å². The van der Waals surface area contributed by atoms with Crippen LogP contribution < -0.4 is 19.1 Å². The first-order valence-electron chi connectivity index (χ1n) is 9.25. The number of carbonyl (C=O) groups excluding carboxylic acids is 1. The lowest BCUT2D eigenvalue weighted by Gasteiger charge is -2.24. The van der Waals surface area contributed by atoms with Crippen molar-refractivity contribution in [2.75, 3.05) is 31.3 Å². The third-order valence-corrected chi connectivity index (χ3v) is 5.70. The number of nitrogens with one attached hydrogen (secondary N) is 1. The van der Waals surface area contributed by atoms with E-state index in [0.29, 0.717) is 23.6 Å². The zero-order valence-electron chi connectivity index (χ0n) is 17.4. The molecule has 1 N–H and O–H groups in total. The molecular formula is C21H28N2O5S. The summed E-state index contributed by atoms with van der Waals surface area (Å²) < 4.78 is 36.2. The molecule has 1 atom stereocenters. The van der Waals surface area contributed by atoms with E-state index in [4.69, 9.17) is 9.47 Å². The van der Waals surface area contributed by atoms with Crippen molar-refractivity contribution < 1.29 is 22.7 Å². The predicted octanol–water partition coefficient (Wildman–Crippen LogP) is 3.05. The van der Waals surface area contributed by atoms with Crippen molar-refractivity contribution in [2.24, 2.45) is 0 Å². The molecular weight excluding hydrogens is 392 g/mol. The van der Waals surface area contributed by atoms with Gasteiger partial charge in [-0.3, -0.25) is 9.10 Å². The molecule has 2 aromatic carbocycles. The van der Waals surface area contributed by atoms with Crippen molar-refractivity contribution in [3.05, 3.63) is 53.6 Å². The van der Waals surface area contributed by atoms with E-state index in [1.807, 2.05) is 38.1 Å². The van der Waals surface area contributed by atoms with Crippen molar-refractivity contribution in [2.45, 2.75) is 26.3 Å². The van der Waals surface area contributed by atoms with Gasteiger partial charge in [-0.05, 0) is 43.2 Å². The van der Waals surface area contributed by atoms with Crippen LogP contribution in [0.15, 0.2) is 42.5 Å². The summed E-state index contributed by atoms with van der Waals surface area (Å²) >= 11 is 0. The minimum absolute atomic E-state index is 0.290. The Morgan fingerprint density at radius 1 is 1.07 bits per heavy atom. The summed E-state index contributed by atoms with van der Waals surface area (Å²) in [5.74, 6) is 0.771. The van der Waals surface area contributed by atoms with Crippen molar-refractivity contribution in [3.63, 3.8) is 0 Å². The van der Waals surface area contributed by atoms with Crippen LogP contribution in [-0.2, 0) is 14.8 Å². The van der Waals surface area contributed by atoms with Gasteiger partial charge in [-0.25, -0.2) is 8.42 Å². The van der Waals surface area contributed by atoms with E-state index in [1.54, 1.807) is 32.4 Å². The van der Waals surface area contributed by atoms with Gasteiger partial charge in [0, 0.05) is 0 Å². The number of methoxy groups -OCH3 is 2. The number of amides is 1. The second kappa shape index (κ2) is 9.65. The van der Waals surface area contributed by atoms with Crippen LogP contribution >= 0.6 is 0 Å². The maximum atomic E-state index is 12.7. The van der Waals surface area contributed by atoms with Crippen LogP contribution in [0.2, 0.25) is 0 Å². The van der Waals surface area contributed by atoms with Crippen molar-refractivity contribution in [3.8, 4) is 11.5 Å². The van der Waals surface area contributed by atoms with Gasteiger partial charge in [-0.1, -0.05) is 30.7 Å². The molecule has 1 unspecified atom stereocenters. The summed E-state index contributed by atoms with van der Waals surface area (Å²) in [5.41, 5.74) is 2.30. The van der Waals surface area contributed by atoms with Gasteiger partial charge in [0.25, 0.3) is 0 Å². The van der Waals surface area contributed by atoms with Gasteiger partial charge in [-0.15, -0.1) is 0 Å². The second-order valence-corrected chi connectivity index (χ2v) is 8.65. The van der Waals surface area contributed by atoms with Crippen LogP contribution in [0.3, 0.4) is 0 Å². The van der Waals surface area contributed by atoms with Gasteiger partial charge < -0.3 is 14.8 Å². The van der Waals surface area contributed by atoms with Crippen molar-refractivity contribution in [1.82, 2.24) is 5.32 Å². The highest BCUT2D eigenvalue weighted by Crippen LogP contribution is 2.31. The van der Waals surface area contributed by atoms with Gasteiger partial charge >= 0.3 is 0 Å². The summed E-state index contributed by atoms with van der Waals surface area (Å²) in [4.78, 5) is 12.7. The number of hydrogen-bond donors (Lipinski definition) is 1. The average Bonchev–Trinajstić information content (AvgIpc) is 2.69. The van der Waals surface area contributed by atoms with E-state index in [9.17, 15) is 13.2 Å². The fraction of sp³-hybridized carbons (Fsp3) is 0.381. The number of rotatable bonds is 9. The summed E-state index contributed by atoms with van der Waals surface area (Å²) in [7, 11) is -0.511. The van der Waals surface area contributed by atoms with Crippen molar-refractivity contribution >= 4 is 21.6 Å². The van der Waals surface area contributed by atoms with Gasteiger partial charge in [-0.2, -0.15) is 0 Å². The lowest BCUT2D eigenvalue weighted by atomic mass is 10.0. The summed E-state index contributed by atoms with van der Waals surface area (Å²) in [6.45, 7) is 3.55. The molecule has 0 bridgehead atoms. The minimum atomic E-state index is -3.62. The number of carbonyl (C=O) groups is 1. The van der Waals surface area contributed by atoms with Gasteiger partial charge in [0.1, 0.15) is 6.54 Å². The van der Waals surface area contributed by atoms with E-state index in [-0.39, 0.29) is 12.6 Å². The molecule has 0 aromatic heterocycles. The van der Waals surface area contributed by atoms with E-state index < -0.39 is 15.9 Å². The number of benzene rings is 2. The summed E-state index contributed by atoms with van der Waals surface area (Å²) in [6.07, 6.45) is 1.72. The zero-order valence-corrected chi connectivity index (χ0v) is 18.2. The largest absolute Gasteiger partial charge is 0.493 e. The number of hydrogen-bond acceptors (Lipinski definition) is 5. The monoisotopic (exact) mass is 420 g/mol. The van der Waals surface area contributed by atoms with Crippen LogP contribution in [0.1, 0.15) is 30.5 Å². The number of ether oxygens (including phenoxy) is 2. The maximum Gasteiger partial charge on any atom is 0.241 e. The molecule has 2 aromatic rings. The fourth-order valence-corrected chi connectivity index (χ4v) is 3.83. The molecule has 0 fully saturated rings. The van der Waals surface area contributed by atoms with Crippen LogP contribution in [0.25, 0.3) is 0 Å². The number of nitrogens with zero attached hydrogens (tertiary/aromatic N) is 1. The van der Waals surface area contributed by atoms with Crippen LogP contribution in [0, 0.1) is 6.92 Å². The van der Waals surface area contributed by atoms with E-state index >= 15 is 0 Å². The van der Waals surface area contributed by atoms with E-state index in [2.05, 4.69) is 5.32 Å². The third-order valence-electron chi connectivity index (χ3n) is 4.56. The molecule has 0 saturated heterocycles. The minimum Gasteiger partial charge on any atom is -0.493 e. The first kappa shape index (κ1) is 22.5. The first-order valence-corrected chi connectivity index (χ1v) is 11.1. The van der Waals surface area contributed by atoms with Gasteiger partial charge in [0.15, 0.2) is 11.5 Å². The Kier molecular flexibility index (Phi) is 7.50. The molecule has 0 radical (unpaired) electrons. The Morgan fingerprint density at radius 2 is 1.69 bits per heavy atom. The normalized spacial score (nSPS) is 12.2. The van der Waals surface area contributed by atoms with Crippen LogP contribution in [0.4, 0.5) is 5.69 Å². The Bertz CT molecular complexity index is 942. The molecule has 0 aliphatic carbocycles. The second-order valence-electron chi connectivity index (χ2n) is 6.75. The third kappa shape index (κ3) is 5.87. The quantitative estimate of drug-likeness (QED) is 0.674. The van der Waals surface area contributed by atoms with E-state index in [1.165, 1.54) is 0 Å². The zero-order chi connectivity index (χ0) is 21.6. The molecule has 0 aliphatic rings. The highest BCUT2D eigenvalue weighted by Gasteiger charge is 2.23. The molecule has 29 heavy (non-hydrogen) atoms. The Balaban J connectivity index is 2.20. The number of anilines is 1. The Hall–Kier alpha value is -2.74. The summed E-state index contributed by atoms with van der Waals surface area (Å²) in [6, 6.07) is 12.1. The molecule has 8 heteroatoms. The smallest absolute Gasteiger partial charge is 0.241 e. The predicted molar refractivity (Wildman–Crippen MR) is 114 cm³/mol. The Labute approximate surface area is 172 Å². The summed E-state index contributed by atoms with van der Waals surface area (Å²) in [5, 5.41) is 2.91. The molecule has 158 valence electrons. The van der Waals surface area contributed by atoms with Crippen LogP contribution in [0.5, 0.6) is 11.5 Å². The van der Waals surface area contributed by atoms with Gasteiger partial charge in [0.05, 0.1) is 32.2 Å². The Morgan fingerprint density at radius 3 is 2.21 bits per heavy atom. The van der Waals surface area contributed by atoms with Gasteiger partial charge in [0.2, 0.25) is 15.9 Å². The topological polar surface area (TPSA) is 84.9 Å². The highest BCUT2D eigenvalue weighted by molar-refractivity contribution is 7.92. The molecule has 0 aliphatic heterocycles. The lowest BCUT2D eigenvalue weighted by Crippen LogP contribution is -2.41. The first-order chi connectivity index (χ1) is 13.7. The standard InChI is InChI=1S/C21H28N2O5S/c1-6-18(16-9-12-19(27-3)20(13-16)28-4)22-21(24)14-23(29(5,25)26)17-10-7-15(2)8-11-17/h7-13,18H,6,14H2,1-5H3,(H,22,24). The number of aryl methyl sites for hydroxylation is 1. The van der Waals surface area contributed by atoms with E-state index in [0.717, 1.165) is 21.7 Å². The molecule has 2 rings (SSSR count). The number of sulfonamides is 1. The molecule has 0 heterocycles. The SMILES string of the molecule is CCC(NC(=O)CN(c1ccc(C)cc1)S(C)(=O)=O)c1ccc(OC)c(OC)c1. The molecule has 0 saturated carbocycles. The highest BCUT2D eigenvalue weighted by atomic mass is 32.2. The lowest BCUT2D eigenvalue weighted by molar-refractivity contribution is -0.120. The fourth-order valence-electron chi connectivity index (χ4n) is 2.97. The molecule has 1 amide bonds. The molecule has 0 spiro atoms. The van der Waals surface area contributed by atoms with Crippen LogP contribution in [-0.4, -0.2) is 41.3 Å². The average molecular weight is 421 g/mol. The molecule has 7 nitrogen and oxygen atoms in total. The maximum absolute atomic E-state index is 12.7.